The van der Waals surface area contributed by atoms with Crippen molar-refractivity contribution in [1.82, 2.24) is 9.97 Å². The molecule has 0 aliphatic rings. The van der Waals surface area contributed by atoms with Crippen molar-refractivity contribution in [2.45, 2.75) is 6.54 Å². The van der Waals surface area contributed by atoms with Crippen LogP contribution in [0.2, 0.25) is 0 Å². The molecule has 21 heavy (non-hydrogen) atoms. The van der Waals surface area contributed by atoms with Crippen LogP contribution in [0, 0.1) is 0 Å². The van der Waals surface area contributed by atoms with Crippen LogP contribution in [-0.2, 0) is 6.54 Å². The third-order valence-corrected chi connectivity index (χ3v) is 2.92. The third kappa shape index (κ3) is 3.11. The van der Waals surface area contributed by atoms with Gasteiger partial charge in [-0.2, -0.15) is 10.2 Å². The molecule has 0 saturated heterocycles. The summed E-state index contributed by atoms with van der Waals surface area (Å²) in [6.45, 7) is 0.506. The Morgan fingerprint density at radius 3 is 2.67 bits per heavy atom. The monoisotopic (exact) mass is 279 g/mol. The van der Waals surface area contributed by atoms with Gasteiger partial charge in [-0.15, -0.1) is 0 Å². The van der Waals surface area contributed by atoms with Gasteiger partial charge in [0, 0.05) is 23.6 Å². The van der Waals surface area contributed by atoms with Gasteiger partial charge in [0.25, 0.3) is 0 Å². The number of aromatic nitrogens is 2. The van der Waals surface area contributed by atoms with E-state index in [1.807, 2.05) is 24.3 Å². The Hall–Kier alpha value is -3.02. The Balaban J connectivity index is 1.74. The fraction of sp³-hybridized carbons (Fsp3) is 0.0667. The second-order valence-corrected chi connectivity index (χ2v) is 4.39. The molecule has 0 aliphatic heterocycles. The van der Waals surface area contributed by atoms with Crippen molar-refractivity contribution in [3.05, 3.63) is 60.9 Å². The minimum atomic E-state index is 0.506. The van der Waals surface area contributed by atoms with Crippen LogP contribution >= 0.6 is 0 Å². The largest absolute Gasteiger partial charge is 0.443 e. The van der Waals surface area contributed by atoms with Gasteiger partial charge in [-0.05, 0) is 35.9 Å². The zero-order valence-electron chi connectivity index (χ0n) is 11.2. The Labute approximate surface area is 121 Å². The molecule has 6 heteroatoms. The lowest BCUT2D eigenvalue weighted by Gasteiger charge is -2.02. The van der Waals surface area contributed by atoms with Gasteiger partial charge in [0.05, 0.1) is 18.4 Å². The van der Waals surface area contributed by atoms with Crippen molar-refractivity contribution in [1.29, 1.82) is 0 Å². The lowest BCUT2D eigenvalue weighted by atomic mass is 10.1. The molecule has 3 rings (SSSR count). The number of nitrogen functional groups attached to an aromatic ring is 1. The molecule has 3 aromatic rings. The fourth-order valence-electron chi connectivity index (χ4n) is 1.87. The average Bonchev–Trinajstić information content (AvgIpc) is 3.02. The molecule has 2 aromatic heterocycles. The molecule has 0 atom stereocenters. The van der Waals surface area contributed by atoms with Crippen molar-refractivity contribution in [2.75, 3.05) is 5.73 Å². The van der Waals surface area contributed by atoms with E-state index in [1.165, 1.54) is 6.39 Å². The molecule has 6 nitrogen and oxygen atoms in total. The summed E-state index contributed by atoms with van der Waals surface area (Å²) in [5, 5.41) is 8.31. The van der Waals surface area contributed by atoms with E-state index < -0.39 is 0 Å². The van der Waals surface area contributed by atoms with Gasteiger partial charge in [0.2, 0.25) is 0 Å². The summed E-state index contributed by atoms with van der Waals surface area (Å²) in [7, 11) is 0. The maximum absolute atomic E-state index is 6.00. The number of hydrogen-bond donors (Lipinski definition) is 1. The van der Waals surface area contributed by atoms with Crippen LogP contribution < -0.4 is 5.73 Å². The minimum absolute atomic E-state index is 0.506. The SMILES string of the molecule is Nc1cc(N=NCc2ccncc2)ccc1-c1cnco1. The van der Waals surface area contributed by atoms with Gasteiger partial charge in [0.1, 0.15) is 0 Å². The molecule has 0 amide bonds. The average molecular weight is 279 g/mol. The number of azo groups is 1. The van der Waals surface area contributed by atoms with Crippen molar-refractivity contribution >= 4 is 11.4 Å². The second-order valence-electron chi connectivity index (χ2n) is 4.39. The molecule has 0 saturated carbocycles. The van der Waals surface area contributed by atoms with Crippen LogP contribution in [-0.4, -0.2) is 9.97 Å². The Bertz CT molecular complexity index is 738. The summed E-state index contributed by atoms with van der Waals surface area (Å²) in [5.74, 6) is 0.632. The van der Waals surface area contributed by atoms with Crippen LogP contribution in [0.5, 0.6) is 0 Å². The van der Waals surface area contributed by atoms with E-state index in [1.54, 1.807) is 24.7 Å². The zero-order valence-corrected chi connectivity index (χ0v) is 11.2. The molecule has 2 heterocycles. The first-order valence-electron chi connectivity index (χ1n) is 6.38. The van der Waals surface area contributed by atoms with Crippen LogP contribution in [0.15, 0.2) is 70.0 Å². The molecule has 0 unspecified atom stereocenters. The topological polar surface area (TPSA) is 89.7 Å². The van der Waals surface area contributed by atoms with Gasteiger partial charge >= 0.3 is 0 Å². The summed E-state index contributed by atoms with van der Waals surface area (Å²) >= 11 is 0. The predicted molar refractivity (Wildman–Crippen MR) is 78.8 cm³/mol. The Kier molecular flexibility index (Phi) is 3.68. The van der Waals surface area contributed by atoms with E-state index in [2.05, 4.69) is 20.2 Å². The number of hydrogen-bond acceptors (Lipinski definition) is 6. The first-order chi connectivity index (χ1) is 10.3. The number of rotatable bonds is 4. The summed E-state index contributed by atoms with van der Waals surface area (Å²) in [6, 6.07) is 9.25. The van der Waals surface area contributed by atoms with Crippen LogP contribution in [0.1, 0.15) is 5.56 Å². The fourth-order valence-corrected chi connectivity index (χ4v) is 1.87. The number of benzene rings is 1. The molecule has 2 N–H and O–H groups in total. The molecule has 0 spiro atoms. The van der Waals surface area contributed by atoms with E-state index in [4.69, 9.17) is 10.2 Å². The lowest BCUT2D eigenvalue weighted by molar-refractivity contribution is 0.572. The Morgan fingerprint density at radius 2 is 1.95 bits per heavy atom. The molecule has 0 radical (unpaired) electrons. The molecular weight excluding hydrogens is 266 g/mol. The van der Waals surface area contributed by atoms with Crippen molar-refractivity contribution in [3.63, 3.8) is 0 Å². The zero-order chi connectivity index (χ0) is 14.5. The molecule has 0 bridgehead atoms. The quantitative estimate of drug-likeness (QED) is 0.583. The highest BCUT2D eigenvalue weighted by atomic mass is 16.3. The van der Waals surface area contributed by atoms with Crippen LogP contribution in [0.4, 0.5) is 11.4 Å². The van der Waals surface area contributed by atoms with E-state index in [0.29, 0.717) is 23.7 Å². The van der Waals surface area contributed by atoms with E-state index in [9.17, 15) is 0 Å². The molecular formula is C15H13N5O. The molecule has 1 aromatic carbocycles. The number of oxazole rings is 1. The maximum atomic E-state index is 6.00. The summed E-state index contributed by atoms with van der Waals surface area (Å²) in [5.41, 5.74) is 9.12. The van der Waals surface area contributed by atoms with Gasteiger partial charge in [-0.25, -0.2) is 4.98 Å². The molecule has 0 fully saturated rings. The normalized spacial score (nSPS) is 11.0. The Morgan fingerprint density at radius 1 is 1.10 bits per heavy atom. The number of pyridine rings is 1. The first kappa shape index (κ1) is 13.0. The van der Waals surface area contributed by atoms with E-state index in [-0.39, 0.29) is 0 Å². The lowest BCUT2D eigenvalue weighted by Crippen LogP contribution is -1.88. The number of nitrogens with two attached hydrogens (primary N) is 1. The van der Waals surface area contributed by atoms with Crippen LogP contribution in [0.25, 0.3) is 11.3 Å². The minimum Gasteiger partial charge on any atom is -0.443 e. The highest BCUT2D eigenvalue weighted by molar-refractivity contribution is 5.75. The maximum Gasteiger partial charge on any atom is 0.181 e. The van der Waals surface area contributed by atoms with E-state index >= 15 is 0 Å². The standard InChI is InChI=1S/C15H13N5O/c16-14-7-12(1-2-13(14)15-9-18-10-21-15)20-19-8-11-3-5-17-6-4-11/h1-7,9-10H,8,16H2. The third-order valence-electron chi connectivity index (χ3n) is 2.92. The number of anilines is 1. The van der Waals surface area contributed by atoms with Gasteiger partial charge in [-0.3, -0.25) is 4.98 Å². The van der Waals surface area contributed by atoms with Gasteiger partial charge < -0.3 is 10.2 Å². The van der Waals surface area contributed by atoms with Gasteiger partial charge in [-0.1, -0.05) is 0 Å². The highest BCUT2D eigenvalue weighted by Crippen LogP contribution is 2.29. The number of nitrogens with zero attached hydrogens (tertiary/aromatic N) is 4. The van der Waals surface area contributed by atoms with Crippen molar-refractivity contribution in [3.8, 4) is 11.3 Å². The van der Waals surface area contributed by atoms with E-state index in [0.717, 1.165) is 11.1 Å². The highest BCUT2D eigenvalue weighted by Gasteiger charge is 2.06. The summed E-state index contributed by atoms with van der Waals surface area (Å²) in [4.78, 5) is 7.83. The smallest absolute Gasteiger partial charge is 0.181 e. The van der Waals surface area contributed by atoms with Crippen LogP contribution in [0.3, 0.4) is 0 Å². The summed E-state index contributed by atoms with van der Waals surface area (Å²) in [6.07, 6.45) is 6.46. The molecule has 0 aliphatic carbocycles. The summed E-state index contributed by atoms with van der Waals surface area (Å²) < 4.78 is 5.23. The first-order valence-corrected chi connectivity index (χ1v) is 6.38. The molecule has 104 valence electrons. The van der Waals surface area contributed by atoms with Gasteiger partial charge in [0.15, 0.2) is 12.2 Å². The van der Waals surface area contributed by atoms with Crippen molar-refractivity contribution < 1.29 is 4.42 Å². The predicted octanol–water partition coefficient (Wildman–Crippen LogP) is 3.60. The van der Waals surface area contributed by atoms with Crippen molar-refractivity contribution in [2.24, 2.45) is 10.2 Å². The second kappa shape index (κ2) is 5.96.